The average Bonchev–Trinajstić information content (AvgIpc) is 3.25. The Balaban J connectivity index is 1.77. The Kier molecular flexibility index (Phi) is 5.27. The predicted molar refractivity (Wildman–Crippen MR) is 110 cm³/mol. The number of hydrogen-bond acceptors (Lipinski definition) is 7. The normalized spacial score (nSPS) is 17.9. The van der Waals surface area contributed by atoms with Crippen molar-refractivity contribution in [3.05, 3.63) is 47.5 Å². The fourth-order valence-electron chi connectivity index (χ4n) is 3.83. The summed E-state index contributed by atoms with van der Waals surface area (Å²) in [5.41, 5.74) is -0.174. The number of carbonyl (C=O) groups is 1. The van der Waals surface area contributed by atoms with E-state index < -0.39 is 24.4 Å². The summed E-state index contributed by atoms with van der Waals surface area (Å²) in [6.45, 7) is 1.71. The Morgan fingerprint density at radius 1 is 1.18 bits per heavy atom. The number of ether oxygens (including phenoxy) is 2. The molecule has 0 aromatic carbocycles. The van der Waals surface area contributed by atoms with E-state index in [4.69, 9.17) is 9.47 Å². The topological polar surface area (TPSA) is 103 Å². The molecule has 0 unspecified atom stereocenters. The number of fused-ring (bicyclic) bond motifs is 1. The molecule has 0 radical (unpaired) electrons. The molecule has 1 N–H and O–H groups in total. The minimum atomic E-state index is -4.48. The van der Waals surface area contributed by atoms with Crippen molar-refractivity contribution in [3.63, 3.8) is 0 Å². The van der Waals surface area contributed by atoms with Crippen molar-refractivity contribution in [3.8, 4) is 22.9 Å². The number of rotatable bonds is 5. The van der Waals surface area contributed by atoms with E-state index in [1.54, 1.807) is 19.1 Å². The zero-order chi connectivity index (χ0) is 24.1. The summed E-state index contributed by atoms with van der Waals surface area (Å²) in [4.78, 5) is 22.8. The number of methoxy groups -OCH3 is 2. The lowest BCUT2D eigenvalue weighted by Crippen LogP contribution is -2.41. The summed E-state index contributed by atoms with van der Waals surface area (Å²) in [6, 6.07) is 3.32. The highest BCUT2D eigenvalue weighted by Crippen LogP contribution is 2.42. The molecule has 0 aliphatic carbocycles. The Morgan fingerprint density at radius 3 is 2.55 bits per heavy atom. The molecule has 0 saturated carbocycles. The molecule has 0 spiro atoms. The number of aliphatic hydroxyl groups is 1. The zero-order valence-corrected chi connectivity index (χ0v) is 18.1. The first kappa shape index (κ1) is 22.5. The van der Waals surface area contributed by atoms with Gasteiger partial charge in [-0.05, 0) is 31.5 Å². The van der Waals surface area contributed by atoms with Gasteiger partial charge in [-0.3, -0.25) is 14.4 Å². The maximum atomic E-state index is 13.2. The molecule has 9 nitrogen and oxygen atoms in total. The van der Waals surface area contributed by atoms with E-state index >= 15 is 0 Å². The van der Waals surface area contributed by atoms with Gasteiger partial charge in [0.15, 0.2) is 11.5 Å². The fraction of sp³-hybridized carbons (Fsp3) is 0.333. The van der Waals surface area contributed by atoms with Gasteiger partial charge in [0, 0.05) is 18.0 Å². The molecule has 1 aliphatic heterocycles. The van der Waals surface area contributed by atoms with Crippen LogP contribution in [0.1, 0.15) is 28.5 Å². The highest BCUT2D eigenvalue weighted by molar-refractivity contribution is 6.12. The van der Waals surface area contributed by atoms with Crippen molar-refractivity contribution in [2.45, 2.75) is 32.3 Å². The van der Waals surface area contributed by atoms with Crippen LogP contribution < -0.4 is 14.4 Å². The van der Waals surface area contributed by atoms with Crippen LogP contribution in [0, 0.1) is 6.92 Å². The molecule has 1 aliphatic rings. The van der Waals surface area contributed by atoms with Crippen LogP contribution in [0.4, 0.5) is 18.9 Å². The first-order valence-corrected chi connectivity index (χ1v) is 9.73. The van der Waals surface area contributed by atoms with Gasteiger partial charge >= 0.3 is 6.18 Å². The molecule has 3 aromatic heterocycles. The number of carbonyl (C=O) groups excluding carboxylic acids is 1. The largest absolute Gasteiger partial charge is 0.491 e. The third-order valence-electron chi connectivity index (χ3n) is 5.26. The van der Waals surface area contributed by atoms with Crippen LogP contribution in [0.25, 0.3) is 11.3 Å². The molecule has 1 amide bonds. The number of nitrogens with zero attached hydrogens (tertiary/aromatic N) is 5. The summed E-state index contributed by atoms with van der Waals surface area (Å²) in [5, 5.41) is 14.9. The predicted octanol–water partition coefficient (Wildman–Crippen LogP) is 3.05. The van der Waals surface area contributed by atoms with Gasteiger partial charge in [-0.25, -0.2) is 9.97 Å². The van der Waals surface area contributed by atoms with Crippen molar-refractivity contribution >= 4 is 11.6 Å². The van der Waals surface area contributed by atoms with Crippen molar-refractivity contribution in [1.29, 1.82) is 0 Å². The van der Waals surface area contributed by atoms with Gasteiger partial charge in [-0.2, -0.15) is 18.3 Å². The fourth-order valence-corrected chi connectivity index (χ4v) is 3.83. The highest BCUT2D eigenvalue weighted by atomic mass is 19.4. The van der Waals surface area contributed by atoms with Gasteiger partial charge in [0.25, 0.3) is 11.8 Å². The number of halogens is 3. The lowest BCUT2D eigenvalue weighted by Gasteiger charge is -2.28. The van der Waals surface area contributed by atoms with Gasteiger partial charge in [-0.15, -0.1) is 0 Å². The molecule has 4 rings (SSSR count). The highest BCUT2D eigenvalue weighted by Gasteiger charge is 2.49. The smallest absolute Gasteiger partial charge is 0.408 e. The summed E-state index contributed by atoms with van der Waals surface area (Å²) in [6.07, 6.45) is -0.816. The second-order valence-electron chi connectivity index (χ2n) is 7.66. The van der Waals surface area contributed by atoms with Crippen LogP contribution in [-0.2, 0) is 12.3 Å². The van der Waals surface area contributed by atoms with E-state index in [-0.39, 0.29) is 22.8 Å². The molecule has 0 bridgehead atoms. The summed E-state index contributed by atoms with van der Waals surface area (Å²) in [5.74, 6) is 0.0587. The van der Waals surface area contributed by atoms with Gasteiger partial charge in [0.1, 0.15) is 12.2 Å². The van der Waals surface area contributed by atoms with E-state index in [1.807, 2.05) is 0 Å². The number of hydrogen-bond donors (Lipinski definition) is 1. The quantitative estimate of drug-likeness (QED) is 0.621. The SMILES string of the molecule is COc1cc(-c2cc(C)c3c(n2)[C@](C)(O)N(c2cnn(CC(F)(F)F)c2)C3=O)cnc1OC. The van der Waals surface area contributed by atoms with Crippen molar-refractivity contribution in [1.82, 2.24) is 19.7 Å². The maximum absolute atomic E-state index is 13.2. The third kappa shape index (κ3) is 3.86. The van der Waals surface area contributed by atoms with Gasteiger partial charge < -0.3 is 14.6 Å². The molecule has 174 valence electrons. The molecule has 33 heavy (non-hydrogen) atoms. The van der Waals surface area contributed by atoms with Crippen molar-refractivity contribution < 1.29 is 32.5 Å². The van der Waals surface area contributed by atoms with Gasteiger partial charge in [-0.1, -0.05) is 0 Å². The first-order chi connectivity index (χ1) is 15.5. The van der Waals surface area contributed by atoms with Crippen LogP contribution in [0.3, 0.4) is 0 Å². The maximum Gasteiger partial charge on any atom is 0.408 e. The molecule has 1 atom stereocenters. The van der Waals surface area contributed by atoms with Crippen LogP contribution in [0.15, 0.2) is 30.7 Å². The standard InChI is InChI=1S/C21H20F3N5O4/c1-11-5-14(12-6-15(32-3)18(33-4)25-7-12)27-17-16(11)19(30)29(20(17,2)31)13-8-26-28(9-13)10-21(22,23)24/h5-9,31H,10H2,1-4H3/t20-/m0/s1. The lowest BCUT2D eigenvalue weighted by molar-refractivity contribution is -0.142. The summed E-state index contributed by atoms with van der Waals surface area (Å²) in [7, 11) is 2.92. The van der Waals surface area contributed by atoms with Crippen LogP contribution >= 0.6 is 0 Å². The minimum absolute atomic E-state index is 0.0148. The van der Waals surface area contributed by atoms with Crippen molar-refractivity contribution in [2.24, 2.45) is 0 Å². The Bertz CT molecular complexity index is 1240. The minimum Gasteiger partial charge on any atom is -0.491 e. The second-order valence-corrected chi connectivity index (χ2v) is 7.66. The first-order valence-electron chi connectivity index (χ1n) is 9.73. The molecule has 0 saturated heterocycles. The molecule has 12 heteroatoms. The van der Waals surface area contributed by atoms with Gasteiger partial charge in [0.05, 0.1) is 37.4 Å². The van der Waals surface area contributed by atoms with Gasteiger partial charge in [0.2, 0.25) is 0 Å². The van der Waals surface area contributed by atoms with Crippen LogP contribution in [-0.4, -0.2) is 51.2 Å². The molecule has 3 aromatic rings. The zero-order valence-electron chi connectivity index (χ0n) is 18.1. The summed E-state index contributed by atoms with van der Waals surface area (Å²) < 4.78 is 49.2. The van der Waals surface area contributed by atoms with E-state index in [2.05, 4.69) is 15.1 Å². The summed E-state index contributed by atoms with van der Waals surface area (Å²) >= 11 is 0. The van der Waals surface area contributed by atoms with E-state index in [0.29, 0.717) is 27.3 Å². The molecular formula is C21H20F3N5O4. The third-order valence-corrected chi connectivity index (χ3v) is 5.26. The molecule has 4 heterocycles. The van der Waals surface area contributed by atoms with Crippen molar-refractivity contribution in [2.75, 3.05) is 19.1 Å². The molecular weight excluding hydrogens is 443 g/mol. The Morgan fingerprint density at radius 2 is 1.91 bits per heavy atom. The number of anilines is 1. The number of alkyl halides is 3. The Labute approximate surface area is 186 Å². The monoisotopic (exact) mass is 463 g/mol. The number of pyridine rings is 2. The number of aryl methyl sites for hydroxylation is 1. The van der Waals surface area contributed by atoms with Crippen LogP contribution in [0.5, 0.6) is 11.6 Å². The van der Waals surface area contributed by atoms with E-state index in [0.717, 1.165) is 17.3 Å². The Hall–Kier alpha value is -3.67. The lowest BCUT2D eigenvalue weighted by atomic mass is 10.0. The molecule has 0 fully saturated rings. The number of aromatic nitrogens is 4. The number of amides is 1. The average molecular weight is 463 g/mol. The van der Waals surface area contributed by atoms with E-state index in [9.17, 15) is 23.1 Å². The second kappa shape index (κ2) is 7.73. The van der Waals surface area contributed by atoms with E-state index in [1.165, 1.54) is 27.3 Å². The van der Waals surface area contributed by atoms with Crippen LogP contribution in [0.2, 0.25) is 0 Å².